The van der Waals surface area contributed by atoms with E-state index in [1.165, 1.54) is 31.8 Å². The molecule has 0 saturated heterocycles. The van der Waals surface area contributed by atoms with E-state index in [1.54, 1.807) is 37.3 Å². The van der Waals surface area contributed by atoms with Crippen molar-refractivity contribution in [2.45, 2.75) is 41.5 Å². The minimum Gasteiger partial charge on any atom is -0.493 e. The maximum atomic E-state index is 5.14. The summed E-state index contributed by atoms with van der Waals surface area (Å²) in [6.07, 6.45) is 0. The number of allylic oxidation sites excluding steroid dienone is 2. The lowest BCUT2D eigenvalue weighted by Gasteiger charge is -2.08. The Hall–Kier alpha value is -2.00. The van der Waals surface area contributed by atoms with Gasteiger partial charge in [0.1, 0.15) is 0 Å². The van der Waals surface area contributed by atoms with Crippen molar-refractivity contribution in [1.82, 2.24) is 0 Å². The summed E-state index contributed by atoms with van der Waals surface area (Å²) >= 11 is 3.54. The minimum absolute atomic E-state index is 0.785. The van der Waals surface area contributed by atoms with Crippen LogP contribution < -0.4 is 9.47 Å². The second-order valence-electron chi connectivity index (χ2n) is 7.20. The van der Waals surface area contributed by atoms with Gasteiger partial charge in [-0.15, -0.1) is 20.6 Å². The molecule has 0 saturated carbocycles. The van der Waals surface area contributed by atoms with Crippen molar-refractivity contribution in [2.75, 3.05) is 14.2 Å². The lowest BCUT2D eigenvalue weighted by molar-refractivity contribution is 0.353. The van der Waals surface area contributed by atoms with Crippen LogP contribution in [0.4, 0.5) is 0 Å². The molecular formula is C28H37O2PS2. The van der Waals surface area contributed by atoms with Gasteiger partial charge in [-0.05, 0) is 72.1 Å². The number of hydrogen-bond acceptors (Lipinski definition) is 4. The Morgan fingerprint density at radius 3 is 2.12 bits per heavy atom. The SMILES string of the molecule is C=C(C)S/C(=C(\C)P)c1cc(-c2cccc(C)c2)cs1.CC.COc1cccc(C)c1OC. The molecule has 33 heavy (non-hydrogen) atoms. The summed E-state index contributed by atoms with van der Waals surface area (Å²) in [5.74, 6) is 1.60. The number of hydrogen-bond donors (Lipinski definition) is 0. The third kappa shape index (κ3) is 9.04. The maximum Gasteiger partial charge on any atom is 0.163 e. The molecule has 1 unspecified atom stereocenters. The summed E-state index contributed by atoms with van der Waals surface area (Å²) in [5, 5.41) is 3.49. The first-order valence-electron chi connectivity index (χ1n) is 10.9. The van der Waals surface area contributed by atoms with Crippen LogP contribution in [0.25, 0.3) is 16.0 Å². The zero-order chi connectivity index (χ0) is 25.0. The van der Waals surface area contributed by atoms with Gasteiger partial charge in [0.2, 0.25) is 0 Å². The number of aryl methyl sites for hydroxylation is 2. The first-order chi connectivity index (χ1) is 15.8. The van der Waals surface area contributed by atoms with Gasteiger partial charge >= 0.3 is 0 Å². The van der Waals surface area contributed by atoms with Crippen LogP contribution in [0.3, 0.4) is 0 Å². The van der Waals surface area contributed by atoms with Gasteiger partial charge in [0.05, 0.1) is 14.2 Å². The Morgan fingerprint density at radius 1 is 0.939 bits per heavy atom. The van der Waals surface area contributed by atoms with Crippen LogP contribution in [0.1, 0.15) is 43.7 Å². The quantitative estimate of drug-likeness (QED) is 0.314. The zero-order valence-electron chi connectivity index (χ0n) is 21.1. The van der Waals surface area contributed by atoms with Crippen LogP contribution in [0.2, 0.25) is 0 Å². The summed E-state index contributed by atoms with van der Waals surface area (Å²) < 4.78 is 10.2. The van der Waals surface area contributed by atoms with E-state index in [-0.39, 0.29) is 0 Å². The first-order valence-corrected chi connectivity index (χ1v) is 13.2. The molecule has 0 aliphatic carbocycles. The van der Waals surface area contributed by atoms with Crippen LogP contribution in [-0.2, 0) is 0 Å². The van der Waals surface area contributed by atoms with E-state index in [1.807, 2.05) is 45.9 Å². The fourth-order valence-corrected chi connectivity index (χ4v) is 5.27. The van der Waals surface area contributed by atoms with E-state index in [9.17, 15) is 0 Å². The predicted molar refractivity (Wildman–Crippen MR) is 155 cm³/mol. The van der Waals surface area contributed by atoms with Crippen LogP contribution in [0.15, 0.2) is 70.7 Å². The van der Waals surface area contributed by atoms with Gasteiger partial charge in [-0.3, -0.25) is 0 Å². The number of methoxy groups -OCH3 is 2. The molecule has 2 nitrogen and oxygen atoms in total. The molecule has 2 aromatic carbocycles. The van der Waals surface area contributed by atoms with E-state index < -0.39 is 0 Å². The summed E-state index contributed by atoms with van der Waals surface area (Å²) in [6.45, 7) is 16.3. The Morgan fingerprint density at radius 2 is 1.61 bits per heavy atom. The lowest BCUT2D eigenvalue weighted by atomic mass is 10.1. The highest BCUT2D eigenvalue weighted by molar-refractivity contribution is 8.12. The molecule has 0 amide bonds. The van der Waals surface area contributed by atoms with Gasteiger partial charge in [0, 0.05) is 9.78 Å². The molecule has 178 valence electrons. The van der Waals surface area contributed by atoms with E-state index >= 15 is 0 Å². The average Bonchev–Trinajstić information content (AvgIpc) is 3.28. The summed E-state index contributed by atoms with van der Waals surface area (Å²) in [5.41, 5.74) is 4.96. The van der Waals surface area contributed by atoms with Gasteiger partial charge < -0.3 is 9.47 Å². The van der Waals surface area contributed by atoms with Gasteiger partial charge in [-0.1, -0.05) is 74.1 Å². The molecule has 0 aliphatic rings. The molecule has 1 aromatic heterocycles. The molecule has 1 atom stereocenters. The van der Waals surface area contributed by atoms with Crippen LogP contribution in [0, 0.1) is 13.8 Å². The maximum absolute atomic E-state index is 5.14. The van der Waals surface area contributed by atoms with Crippen LogP contribution >= 0.6 is 32.3 Å². The Labute approximate surface area is 211 Å². The third-order valence-corrected chi connectivity index (χ3v) is 7.08. The summed E-state index contributed by atoms with van der Waals surface area (Å²) in [6, 6.07) is 16.7. The van der Waals surface area contributed by atoms with E-state index in [0.29, 0.717) is 0 Å². The van der Waals surface area contributed by atoms with Crippen LogP contribution in [0.5, 0.6) is 11.5 Å². The summed E-state index contributed by atoms with van der Waals surface area (Å²) in [4.78, 5) is 3.72. The van der Waals surface area contributed by atoms with Gasteiger partial charge in [-0.2, -0.15) is 0 Å². The smallest absolute Gasteiger partial charge is 0.163 e. The van der Waals surface area contributed by atoms with Crippen molar-refractivity contribution in [3.8, 4) is 22.6 Å². The highest BCUT2D eigenvalue weighted by Crippen LogP contribution is 2.41. The standard InChI is InChI=1S/C17H19PS2.C9H12O2.C2H6/c1-11(2)20-17(13(4)18)16-9-15(10-19-16)14-7-5-6-12(3)8-14;1-7-5-4-6-8(10-2)9(7)11-3;1-2/h5-10H,1,18H2,2-4H3;4-6H,1-3H3;1-2H3/b17-13+;;. The largest absolute Gasteiger partial charge is 0.493 e. The summed E-state index contributed by atoms with van der Waals surface area (Å²) in [7, 11) is 6.09. The zero-order valence-corrected chi connectivity index (χ0v) is 23.9. The number of thioether (sulfide) groups is 1. The van der Waals surface area contributed by atoms with Crippen molar-refractivity contribution in [3.05, 3.63) is 86.7 Å². The molecule has 1 heterocycles. The number of benzene rings is 2. The highest BCUT2D eigenvalue weighted by Gasteiger charge is 2.10. The molecule has 3 aromatic rings. The molecule has 0 spiro atoms. The van der Waals surface area contributed by atoms with Crippen molar-refractivity contribution in [3.63, 3.8) is 0 Å². The van der Waals surface area contributed by atoms with Gasteiger partial charge in [0.15, 0.2) is 11.5 Å². The van der Waals surface area contributed by atoms with Crippen LogP contribution in [-0.4, -0.2) is 14.2 Å². The van der Waals surface area contributed by atoms with Gasteiger partial charge in [-0.25, -0.2) is 0 Å². The number of ether oxygens (including phenoxy) is 2. The Balaban J connectivity index is 0.000000354. The van der Waals surface area contributed by atoms with E-state index in [0.717, 1.165) is 22.0 Å². The van der Waals surface area contributed by atoms with Crippen molar-refractivity contribution < 1.29 is 9.47 Å². The molecule has 5 heteroatoms. The normalized spacial score (nSPS) is 10.7. The van der Waals surface area contributed by atoms with E-state index in [4.69, 9.17) is 9.47 Å². The van der Waals surface area contributed by atoms with E-state index in [2.05, 4.69) is 65.4 Å². The molecule has 3 rings (SSSR count). The predicted octanol–water partition coefficient (Wildman–Crippen LogP) is 9.59. The molecular weight excluding hydrogens is 463 g/mol. The monoisotopic (exact) mass is 500 g/mol. The number of thiophene rings is 1. The molecule has 0 bridgehead atoms. The molecule has 0 fully saturated rings. The number of para-hydroxylation sites is 1. The number of rotatable bonds is 6. The minimum atomic E-state index is 0.785. The fraction of sp³-hybridized carbons (Fsp3) is 0.286. The van der Waals surface area contributed by atoms with Crippen molar-refractivity contribution in [2.24, 2.45) is 0 Å². The Kier molecular flexibility index (Phi) is 13.2. The first kappa shape index (κ1) is 29.0. The van der Waals surface area contributed by atoms with Crippen molar-refractivity contribution in [1.29, 1.82) is 0 Å². The molecule has 0 radical (unpaired) electrons. The highest BCUT2D eigenvalue weighted by atomic mass is 32.2. The third-order valence-electron chi connectivity index (χ3n) is 4.41. The topological polar surface area (TPSA) is 18.5 Å². The fourth-order valence-electron chi connectivity index (χ4n) is 2.98. The average molecular weight is 501 g/mol. The second kappa shape index (κ2) is 15.0. The second-order valence-corrected chi connectivity index (χ2v) is 10.3. The lowest BCUT2D eigenvalue weighted by Crippen LogP contribution is -1.91. The van der Waals surface area contributed by atoms with Crippen molar-refractivity contribution >= 4 is 37.2 Å². The van der Waals surface area contributed by atoms with Gasteiger partial charge in [0.25, 0.3) is 0 Å². The molecule has 0 aliphatic heterocycles. The Bertz CT molecular complexity index is 1060. The molecule has 0 N–H and O–H groups in total.